The molecule has 0 spiro atoms. The highest BCUT2D eigenvalue weighted by Crippen LogP contribution is 2.43. The van der Waals surface area contributed by atoms with E-state index in [-0.39, 0.29) is 10.1 Å². The third-order valence-corrected chi connectivity index (χ3v) is 4.73. The summed E-state index contributed by atoms with van der Waals surface area (Å²) in [5.74, 6) is 2.87. The van der Waals surface area contributed by atoms with Gasteiger partial charge in [-0.25, -0.2) is 0 Å². The summed E-state index contributed by atoms with van der Waals surface area (Å²) in [5.41, 5.74) is 0.836. The maximum Gasteiger partial charge on any atom is 0.165 e. The van der Waals surface area contributed by atoms with Crippen molar-refractivity contribution in [2.75, 3.05) is 19.8 Å². The third-order valence-electron chi connectivity index (χ3n) is 4.20. The average Bonchev–Trinajstić information content (AvgIpc) is 2.95. The second-order valence-electron chi connectivity index (χ2n) is 7.26. The lowest BCUT2D eigenvalue weighted by Gasteiger charge is -2.18. The van der Waals surface area contributed by atoms with Crippen molar-refractivity contribution in [1.29, 1.82) is 0 Å². The lowest BCUT2D eigenvalue weighted by atomic mass is 10.0. The summed E-state index contributed by atoms with van der Waals surface area (Å²) in [5, 5.41) is 0.651. The Morgan fingerprint density at radius 1 is 1.07 bits per heavy atom. The van der Waals surface area contributed by atoms with E-state index in [0.29, 0.717) is 42.8 Å². The second kappa shape index (κ2) is 9.84. The molecule has 3 rings (SSSR count). The van der Waals surface area contributed by atoms with Gasteiger partial charge in [0.1, 0.15) is 28.2 Å². The molecule has 1 aliphatic rings. The zero-order valence-electron chi connectivity index (χ0n) is 16.3. The molecule has 0 aliphatic carbocycles. The molecule has 2 aromatic rings. The van der Waals surface area contributed by atoms with E-state index in [1.165, 1.54) is 0 Å². The van der Waals surface area contributed by atoms with E-state index in [0.717, 1.165) is 23.5 Å². The molecule has 0 bridgehead atoms. The van der Waals surface area contributed by atoms with Gasteiger partial charge < -0.3 is 18.9 Å². The van der Waals surface area contributed by atoms with E-state index in [2.05, 4.69) is 13.8 Å². The fourth-order valence-corrected chi connectivity index (χ4v) is 3.39. The number of fused-ring (bicyclic) bond motifs is 1. The van der Waals surface area contributed by atoms with Crippen molar-refractivity contribution in [2.24, 2.45) is 0 Å². The first kappa shape index (κ1) is 21.9. The zero-order valence-corrected chi connectivity index (χ0v) is 18.6. The Labute approximate surface area is 186 Å². The highest BCUT2D eigenvalue weighted by Gasteiger charge is 2.32. The van der Waals surface area contributed by atoms with Gasteiger partial charge in [-0.2, -0.15) is 0 Å². The van der Waals surface area contributed by atoms with Crippen LogP contribution in [0.5, 0.6) is 23.0 Å². The Bertz CT molecular complexity index is 876. The standard InChI is InChI=1S/C22H23Cl3O4/c1-22(2)14-15-11-16(23)12-19(21(15)29-22)28-9-4-8-26-17-5-3-6-18(13-17)27-10-7-20(24)25/h3,5-7,11-13H,4,8-10,14H2,1-2H3. The van der Waals surface area contributed by atoms with E-state index < -0.39 is 0 Å². The molecule has 2 aromatic carbocycles. The first-order chi connectivity index (χ1) is 13.8. The van der Waals surface area contributed by atoms with Gasteiger partial charge >= 0.3 is 0 Å². The van der Waals surface area contributed by atoms with Crippen LogP contribution in [-0.4, -0.2) is 25.4 Å². The van der Waals surface area contributed by atoms with Gasteiger partial charge in [-0.05, 0) is 38.1 Å². The lowest BCUT2D eigenvalue weighted by Crippen LogP contribution is -2.24. The first-order valence-electron chi connectivity index (χ1n) is 9.33. The first-order valence-corrected chi connectivity index (χ1v) is 10.5. The molecule has 0 amide bonds. The summed E-state index contributed by atoms with van der Waals surface area (Å²) >= 11 is 17.4. The van der Waals surface area contributed by atoms with Gasteiger partial charge in [0, 0.05) is 35.6 Å². The number of hydrogen-bond donors (Lipinski definition) is 0. The molecule has 0 aromatic heterocycles. The Morgan fingerprint density at radius 3 is 2.55 bits per heavy atom. The maximum atomic E-state index is 6.22. The lowest BCUT2D eigenvalue weighted by molar-refractivity contribution is 0.131. The Balaban J connectivity index is 1.46. The maximum absolute atomic E-state index is 6.22. The molecule has 1 aliphatic heterocycles. The van der Waals surface area contributed by atoms with E-state index in [4.69, 9.17) is 53.8 Å². The zero-order chi connectivity index (χ0) is 20.9. The molecular weight excluding hydrogens is 435 g/mol. The van der Waals surface area contributed by atoms with E-state index in [1.807, 2.05) is 30.3 Å². The van der Waals surface area contributed by atoms with Crippen molar-refractivity contribution in [1.82, 2.24) is 0 Å². The summed E-state index contributed by atoms with van der Waals surface area (Å²) in [4.78, 5) is 0. The summed E-state index contributed by atoms with van der Waals surface area (Å²) in [7, 11) is 0. The monoisotopic (exact) mass is 456 g/mol. The minimum atomic E-state index is -0.244. The minimum Gasteiger partial charge on any atom is -0.493 e. The molecule has 0 radical (unpaired) electrons. The summed E-state index contributed by atoms with van der Waals surface area (Å²) in [6, 6.07) is 11.1. The topological polar surface area (TPSA) is 36.9 Å². The van der Waals surface area contributed by atoms with E-state index in [9.17, 15) is 0 Å². The predicted octanol–water partition coefficient (Wildman–Crippen LogP) is 6.60. The molecule has 0 fully saturated rings. The van der Waals surface area contributed by atoms with E-state index in [1.54, 1.807) is 12.1 Å². The number of benzene rings is 2. The van der Waals surface area contributed by atoms with Crippen LogP contribution in [0.2, 0.25) is 5.02 Å². The fraction of sp³-hybridized carbons (Fsp3) is 0.364. The molecule has 0 N–H and O–H groups in total. The van der Waals surface area contributed by atoms with Crippen LogP contribution >= 0.6 is 34.8 Å². The molecule has 0 atom stereocenters. The van der Waals surface area contributed by atoms with Gasteiger partial charge in [-0.1, -0.05) is 40.9 Å². The van der Waals surface area contributed by atoms with Crippen LogP contribution in [-0.2, 0) is 6.42 Å². The Hall–Kier alpha value is -1.75. The highest BCUT2D eigenvalue weighted by atomic mass is 35.5. The van der Waals surface area contributed by atoms with Gasteiger partial charge in [0.25, 0.3) is 0 Å². The second-order valence-corrected chi connectivity index (χ2v) is 8.71. The smallest absolute Gasteiger partial charge is 0.165 e. The van der Waals surface area contributed by atoms with E-state index >= 15 is 0 Å². The molecule has 29 heavy (non-hydrogen) atoms. The molecule has 7 heteroatoms. The van der Waals surface area contributed by atoms with Crippen LogP contribution in [0.1, 0.15) is 25.8 Å². The molecule has 0 saturated carbocycles. The van der Waals surface area contributed by atoms with Crippen molar-refractivity contribution in [2.45, 2.75) is 32.3 Å². The van der Waals surface area contributed by atoms with Gasteiger partial charge in [-0.3, -0.25) is 0 Å². The average molecular weight is 458 g/mol. The van der Waals surface area contributed by atoms with Crippen molar-refractivity contribution in [3.05, 3.63) is 57.6 Å². The molecule has 156 valence electrons. The number of halogens is 3. The van der Waals surface area contributed by atoms with Crippen LogP contribution in [0.15, 0.2) is 47.0 Å². The predicted molar refractivity (Wildman–Crippen MR) is 117 cm³/mol. The van der Waals surface area contributed by atoms with Gasteiger partial charge in [0.15, 0.2) is 11.5 Å². The molecule has 4 nitrogen and oxygen atoms in total. The van der Waals surface area contributed by atoms with Crippen LogP contribution in [0, 0.1) is 0 Å². The normalized spacial score (nSPS) is 14.0. The largest absolute Gasteiger partial charge is 0.493 e. The Morgan fingerprint density at radius 2 is 1.79 bits per heavy atom. The van der Waals surface area contributed by atoms with Gasteiger partial charge in [-0.15, -0.1) is 0 Å². The quantitative estimate of drug-likeness (QED) is 0.398. The SMILES string of the molecule is CC1(C)Cc2cc(Cl)cc(OCCCOc3cccc(OCC=C(Cl)Cl)c3)c2O1. The molecule has 1 heterocycles. The summed E-state index contributed by atoms with van der Waals surface area (Å²) < 4.78 is 23.4. The van der Waals surface area contributed by atoms with Crippen LogP contribution in [0.3, 0.4) is 0 Å². The minimum absolute atomic E-state index is 0.178. The van der Waals surface area contributed by atoms with Crippen molar-refractivity contribution < 1.29 is 18.9 Å². The molecule has 0 unspecified atom stereocenters. The molecule has 0 saturated heterocycles. The third kappa shape index (κ3) is 6.63. The Kier molecular flexibility index (Phi) is 7.44. The highest BCUT2D eigenvalue weighted by molar-refractivity contribution is 6.55. The molecular formula is C22H23Cl3O4. The fourth-order valence-electron chi connectivity index (χ4n) is 3.03. The van der Waals surface area contributed by atoms with Gasteiger partial charge in [0.05, 0.1) is 13.2 Å². The van der Waals surface area contributed by atoms with Gasteiger partial charge in [0.2, 0.25) is 0 Å². The number of ether oxygens (including phenoxy) is 4. The van der Waals surface area contributed by atoms with Crippen LogP contribution in [0.4, 0.5) is 0 Å². The van der Waals surface area contributed by atoms with Crippen molar-refractivity contribution in [3.8, 4) is 23.0 Å². The number of rotatable bonds is 9. The summed E-state index contributed by atoms with van der Waals surface area (Å²) in [6.45, 7) is 5.40. The van der Waals surface area contributed by atoms with Crippen LogP contribution < -0.4 is 18.9 Å². The summed E-state index contributed by atoms with van der Waals surface area (Å²) in [6.07, 6.45) is 3.10. The van der Waals surface area contributed by atoms with Crippen molar-refractivity contribution in [3.63, 3.8) is 0 Å². The van der Waals surface area contributed by atoms with Crippen molar-refractivity contribution >= 4 is 34.8 Å². The van der Waals surface area contributed by atoms with Crippen LogP contribution in [0.25, 0.3) is 0 Å². The number of hydrogen-bond acceptors (Lipinski definition) is 4.